The number of anilines is 2. The molecule has 3 N–H and O–H groups in total. The van der Waals surface area contributed by atoms with E-state index in [0.717, 1.165) is 18.7 Å². The van der Waals surface area contributed by atoms with Gasteiger partial charge in [0.25, 0.3) is 0 Å². The number of nitrogen functional groups attached to an aromatic ring is 1. The van der Waals surface area contributed by atoms with Crippen molar-refractivity contribution in [2.75, 3.05) is 29.6 Å². The summed E-state index contributed by atoms with van der Waals surface area (Å²) < 4.78 is 0. The largest absolute Gasteiger partial charge is 0.370 e. The lowest BCUT2D eigenvalue weighted by molar-refractivity contribution is 0.978. The number of nitrogens with one attached hydrogen (secondary N) is 1. The highest BCUT2D eigenvalue weighted by Gasteiger charge is 1.98. The topological polar surface area (TPSA) is 63.8 Å². The molecule has 1 heterocycles. The molecule has 0 aromatic carbocycles. The molecular formula is C8H13ClN4S. The summed E-state index contributed by atoms with van der Waals surface area (Å²) in [7, 11) is 0. The van der Waals surface area contributed by atoms with Crippen molar-refractivity contribution in [2.24, 2.45) is 0 Å². The van der Waals surface area contributed by atoms with Gasteiger partial charge in [0.05, 0.1) is 0 Å². The summed E-state index contributed by atoms with van der Waals surface area (Å²) in [6, 6.07) is 1.66. The fourth-order valence-electron chi connectivity index (χ4n) is 0.959. The van der Waals surface area contributed by atoms with Crippen molar-refractivity contribution in [3.8, 4) is 0 Å². The van der Waals surface area contributed by atoms with E-state index in [2.05, 4.69) is 21.5 Å². The van der Waals surface area contributed by atoms with Crippen LogP contribution in [0, 0.1) is 0 Å². The molecule has 78 valence electrons. The molecule has 0 aliphatic heterocycles. The van der Waals surface area contributed by atoms with Crippen LogP contribution in [0.15, 0.2) is 6.07 Å². The van der Waals surface area contributed by atoms with Gasteiger partial charge in [-0.1, -0.05) is 11.6 Å². The van der Waals surface area contributed by atoms with Crippen LogP contribution in [0.5, 0.6) is 0 Å². The zero-order chi connectivity index (χ0) is 10.4. The third-order valence-electron chi connectivity index (χ3n) is 1.54. The van der Waals surface area contributed by atoms with Crippen molar-refractivity contribution in [3.05, 3.63) is 11.2 Å². The maximum absolute atomic E-state index is 5.71. The molecule has 6 heteroatoms. The van der Waals surface area contributed by atoms with Crippen LogP contribution >= 0.6 is 23.4 Å². The summed E-state index contributed by atoms with van der Waals surface area (Å²) in [5.74, 6) is 2.01. The molecule has 14 heavy (non-hydrogen) atoms. The molecular weight excluding hydrogens is 220 g/mol. The molecule has 0 amide bonds. The molecule has 0 aliphatic carbocycles. The Labute approximate surface area is 92.6 Å². The number of hydrogen-bond donors (Lipinski definition) is 2. The first-order chi connectivity index (χ1) is 6.72. The lowest BCUT2D eigenvalue weighted by Crippen LogP contribution is -2.06. The van der Waals surface area contributed by atoms with Crippen molar-refractivity contribution >= 4 is 35.1 Å². The highest BCUT2D eigenvalue weighted by molar-refractivity contribution is 7.98. The highest BCUT2D eigenvalue weighted by atomic mass is 35.5. The van der Waals surface area contributed by atoms with E-state index in [-0.39, 0.29) is 5.95 Å². The fourth-order valence-corrected chi connectivity index (χ4v) is 1.58. The fraction of sp³-hybridized carbons (Fsp3) is 0.500. The number of halogens is 1. The number of rotatable bonds is 5. The predicted octanol–water partition coefficient (Wildman–Crippen LogP) is 1.88. The van der Waals surface area contributed by atoms with Crippen molar-refractivity contribution < 1.29 is 0 Å². The van der Waals surface area contributed by atoms with Gasteiger partial charge in [0.15, 0.2) is 0 Å². The SMILES string of the molecule is CSCCCNc1cc(Cl)nc(N)n1. The Morgan fingerprint density at radius 1 is 1.57 bits per heavy atom. The van der Waals surface area contributed by atoms with Gasteiger partial charge in [0.1, 0.15) is 11.0 Å². The Balaban J connectivity index is 2.42. The first-order valence-corrected chi connectivity index (χ1v) is 6.02. The molecule has 0 saturated carbocycles. The molecule has 1 aromatic rings. The standard InChI is InChI=1S/C8H13ClN4S/c1-14-4-2-3-11-7-5-6(9)12-8(10)13-7/h5H,2-4H2,1H3,(H3,10,11,12,13). The first-order valence-electron chi connectivity index (χ1n) is 4.25. The Morgan fingerprint density at radius 3 is 3.00 bits per heavy atom. The minimum absolute atomic E-state index is 0.199. The molecule has 1 aromatic heterocycles. The van der Waals surface area contributed by atoms with Crippen LogP contribution < -0.4 is 11.1 Å². The molecule has 0 aliphatic rings. The molecule has 0 atom stereocenters. The van der Waals surface area contributed by atoms with E-state index in [1.807, 2.05) is 11.8 Å². The van der Waals surface area contributed by atoms with Gasteiger partial charge in [-0.25, -0.2) is 4.98 Å². The molecule has 0 bridgehead atoms. The molecule has 1 rings (SSSR count). The van der Waals surface area contributed by atoms with Crippen molar-refractivity contribution in [1.29, 1.82) is 0 Å². The number of thioether (sulfide) groups is 1. The number of nitrogens with zero attached hydrogens (tertiary/aromatic N) is 2. The molecule has 0 radical (unpaired) electrons. The van der Waals surface area contributed by atoms with Gasteiger partial charge in [-0.15, -0.1) is 0 Å². The summed E-state index contributed by atoms with van der Waals surface area (Å²) in [6.45, 7) is 0.869. The van der Waals surface area contributed by atoms with E-state index in [1.54, 1.807) is 6.07 Å². The minimum atomic E-state index is 0.199. The summed E-state index contributed by atoms with van der Waals surface area (Å²) in [6.07, 6.45) is 3.17. The van der Waals surface area contributed by atoms with Crippen molar-refractivity contribution in [1.82, 2.24) is 9.97 Å². The average molecular weight is 233 g/mol. The average Bonchev–Trinajstić information content (AvgIpc) is 2.11. The van der Waals surface area contributed by atoms with Crippen LogP contribution in [0.25, 0.3) is 0 Å². The Bertz CT molecular complexity index is 274. The Morgan fingerprint density at radius 2 is 2.36 bits per heavy atom. The van der Waals surface area contributed by atoms with Gasteiger partial charge in [-0.05, 0) is 18.4 Å². The van der Waals surface area contributed by atoms with Crippen LogP contribution in [0.4, 0.5) is 11.8 Å². The van der Waals surface area contributed by atoms with E-state index in [1.165, 1.54) is 0 Å². The Kier molecular flexibility index (Phi) is 4.82. The van der Waals surface area contributed by atoms with Gasteiger partial charge < -0.3 is 11.1 Å². The van der Waals surface area contributed by atoms with E-state index in [0.29, 0.717) is 11.0 Å². The lowest BCUT2D eigenvalue weighted by atomic mass is 10.4. The second-order valence-electron chi connectivity index (χ2n) is 2.71. The van der Waals surface area contributed by atoms with Crippen LogP contribution in [0.2, 0.25) is 5.15 Å². The smallest absolute Gasteiger partial charge is 0.223 e. The lowest BCUT2D eigenvalue weighted by Gasteiger charge is -2.05. The third-order valence-corrected chi connectivity index (χ3v) is 2.43. The van der Waals surface area contributed by atoms with Crippen molar-refractivity contribution in [3.63, 3.8) is 0 Å². The number of nitrogens with two attached hydrogens (primary N) is 1. The Hall–Kier alpha value is -0.680. The first kappa shape index (κ1) is 11.4. The van der Waals surface area contributed by atoms with Gasteiger partial charge in [0.2, 0.25) is 5.95 Å². The maximum atomic E-state index is 5.71. The van der Waals surface area contributed by atoms with Gasteiger partial charge in [-0.2, -0.15) is 16.7 Å². The molecule has 4 nitrogen and oxygen atoms in total. The second-order valence-corrected chi connectivity index (χ2v) is 4.08. The summed E-state index contributed by atoms with van der Waals surface area (Å²) >= 11 is 7.53. The number of hydrogen-bond acceptors (Lipinski definition) is 5. The third kappa shape index (κ3) is 4.02. The maximum Gasteiger partial charge on any atom is 0.223 e. The van der Waals surface area contributed by atoms with Crippen LogP contribution in [-0.2, 0) is 0 Å². The van der Waals surface area contributed by atoms with E-state index >= 15 is 0 Å². The van der Waals surface area contributed by atoms with Crippen molar-refractivity contribution in [2.45, 2.75) is 6.42 Å². The second kappa shape index (κ2) is 5.93. The normalized spacial score (nSPS) is 10.1. The molecule has 0 fully saturated rings. The molecule has 0 unspecified atom stereocenters. The van der Waals surface area contributed by atoms with E-state index < -0.39 is 0 Å². The van der Waals surface area contributed by atoms with Gasteiger partial charge >= 0.3 is 0 Å². The van der Waals surface area contributed by atoms with E-state index in [4.69, 9.17) is 17.3 Å². The van der Waals surface area contributed by atoms with Crippen LogP contribution in [-0.4, -0.2) is 28.5 Å². The van der Waals surface area contributed by atoms with E-state index in [9.17, 15) is 0 Å². The summed E-state index contributed by atoms with van der Waals surface area (Å²) in [4.78, 5) is 7.76. The zero-order valence-electron chi connectivity index (χ0n) is 7.96. The zero-order valence-corrected chi connectivity index (χ0v) is 9.53. The minimum Gasteiger partial charge on any atom is -0.370 e. The highest BCUT2D eigenvalue weighted by Crippen LogP contribution is 2.12. The quantitative estimate of drug-likeness (QED) is 0.600. The summed E-state index contributed by atoms with van der Waals surface area (Å²) in [5, 5.41) is 3.50. The molecule has 0 saturated heterocycles. The van der Waals surface area contributed by atoms with Gasteiger partial charge in [-0.3, -0.25) is 0 Å². The van der Waals surface area contributed by atoms with Gasteiger partial charge in [0, 0.05) is 12.6 Å². The summed E-state index contributed by atoms with van der Waals surface area (Å²) in [5.41, 5.74) is 5.44. The molecule has 0 spiro atoms. The van der Waals surface area contributed by atoms with Crippen LogP contribution in [0.3, 0.4) is 0 Å². The predicted molar refractivity (Wildman–Crippen MR) is 62.9 cm³/mol. The van der Waals surface area contributed by atoms with Crippen LogP contribution in [0.1, 0.15) is 6.42 Å². The number of aromatic nitrogens is 2. The monoisotopic (exact) mass is 232 g/mol.